The van der Waals surface area contributed by atoms with Crippen molar-refractivity contribution in [3.8, 4) is 0 Å². The Balaban J connectivity index is 1.91. The molecule has 2 aromatic carbocycles. The van der Waals surface area contributed by atoms with Gasteiger partial charge in [0.2, 0.25) is 0 Å². The van der Waals surface area contributed by atoms with Gasteiger partial charge in [0.1, 0.15) is 11.5 Å². The second-order valence-corrected chi connectivity index (χ2v) is 5.23. The first-order chi connectivity index (χ1) is 9.58. The van der Waals surface area contributed by atoms with E-state index in [0.29, 0.717) is 5.11 Å². The molecule has 0 aliphatic carbocycles. The Labute approximate surface area is 122 Å². The van der Waals surface area contributed by atoms with E-state index in [4.69, 9.17) is 12.2 Å². The SMILES string of the molecule is CC1(c2ccc(F)cc2)NC(=S)N(c2ccccc2)N1. The zero-order valence-corrected chi connectivity index (χ0v) is 11.7. The fourth-order valence-electron chi connectivity index (χ4n) is 2.25. The number of para-hydroxylation sites is 1. The minimum atomic E-state index is -0.555. The number of hydrogen-bond acceptors (Lipinski definition) is 2. The van der Waals surface area contributed by atoms with Crippen molar-refractivity contribution in [3.63, 3.8) is 0 Å². The molecule has 1 fully saturated rings. The second kappa shape index (κ2) is 4.85. The van der Waals surface area contributed by atoms with E-state index < -0.39 is 5.66 Å². The summed E-state index contributed by atoms with van der Waals surface area (Å²) in [6, 6.07) is 16.2. The summed E-state index contributed by atoms with van der Waals surface area (Å²) in [5.74, 6) is -0.252. The van der Waals surface area contributed by atoms with E-state index in [2.05, 4.69) is 10.7 Å². The summed E-state index contributed by atoms with van der Waals surface area (Å²) in [7, 11) is 0. The van der Waals surface area contributed by atoms with E-state index in [0.717, 1.165) is 11.3 Å². The van der Waals surface area contributed by atoms with Crippen LogP contribution in [-0.2, 0) is 5.66 Å². The molecule has 3 rings (SSSR count). The third kappa shape index (κ3) is 2.26. The molecule has 5 heteroatoms. The zero-order valence-electron chi connectivity index (χ0n) is 10.9. The molecule has 1 heterocycles. The van der Waals surface area contributed by atoms with Crippen LogP contribution in [0.1, 0.15) is 12.5 Å². The second-order valence-electron chi connectivity index (χ2n) is 4.84. The Morgan fingerprint density at radius 3 is 2.35 bits per heavy atom. The summed E-state index contributed by atoms with van der Waals surface area (Å²) in [5, 5.41) is 5.64. The van der Waals surface area contributed by atoms with Crippen molar-refractivity contribution >= 4 is 23.0 Å². The minimum absolute atomic E-state index is 0.252. The number of rotatable bonds is 2. The number of benzene rings is 2. The lowest BCUT2D eigenvalue weighted by Gasteiger charge is -2.26. The molecule has 0 amide bonds. The summed E-state index contributed by atoms with van der Waals surface area (Å²) in [4.78, 5) is 0. The highest BCUT2D eigenvalue weighted by molar-refractivity contribution is 7.80. The van der Waals surface area contributed by atoms with Crippen LogP contribution < -0.4 is 15.8 Å². The molecular weight excluding hydrogens is 273 g/mol. The number of nitrogens with one attached hydrogen (secondary N) is 2. The average Bonchev–Trinajstić information content (AvgIpc) is 2.77. The van der Waals surface area contributed by atoms with Gasteiger partial charge in [-0.3, -0.25) is 0 Å². The number of thiocarbonyl (C=S) groups is 1. The predicted molar refractivity (Wildman–Crippen MR) is 81.5 cm³/mol. The molecule has 1 unspecified atom stereocenters. The summed E-state index contributed by atoms with van der Waals surface area (Å²) in [6.07, 6.45) is 0. The third-order valence-corrected chi connectivity index (χ3v) is 3.62. The summed E-state index contributed by atoms with van der Waals surface area (Å²) >= 11 is 5.38. The van der Waals surface area contributed by atoms with Crippen molar-refractivity contribution in [3.05, 3.63) is 66.0 Å². The number of hydrazine groups is 1. The molecule has 0 bridgehead atoms. The first-order valence-electron chi connectivity index (χ1n) is 6.30. The van der Waals surface area contributed by atoms with Crippen molar-refractivity contribution in [2.75, 3.05) is 5.01 Å². The largest absolute Gasteiger partial charge is 0.338 e. The maximum absolute atomic E-state index is 13.0. The highest BCUT2D eigenvalue weighted by atomic mass is 32.1. The van der Waals surface area contributed by atoms with Crippen LogP contribution in [0, 0.1) is 5.82 Å². The van der Waals surface area contributed by atoms with Gasteiger partial charge in [-0.15, -0.1) is 0 Å². The van der Waals surface area contributed by atoms with Crippen molar-refractivity contribution in [2.45, 2.75) is 12.6 Å². The van der Waals surface area contributed by atoms with Gasteiger partial charge in [-0.2, -0.15) is 5.43 Å². The number of nitrogens with zero attached hydrogens (tertiary/aromatic N) is 1. The number of halogens is 1. The lowest BCUT2D eigenvalue weighted by atomic mass is 10.0. The Morgan fingerprint density at radius 1 is 1.05 bits per heavy atom. The average molecular weight is 287 g/mol. The molecule has 1 saturated heterocycles. The van der Waals surface area contributed by atoms with E-state index in [9.17, 15) is 4.39 Å². The van der Waals surface area contributed by atoms with E-state index in [1.807, 2.05) is 42.3 Å². The van der Waals surface area contributed by atoms with Gasteiger partial charge in [-0.1, -0.05) is 30.3 Å². The lowest BCUT2D eigenvalue weighted by Crippen LogP contribution is -2.45. The topological polar surface area (TPSA) is 27.3 Å². The predicted octanol–water partition coefficient (Wildman–Crippen LogP) is 2.90. The highest BCUT2D eigenvalue weighted by Gasteiger charge is 2.37. The lowest BCUT2D eigenvalue weighted by molar-refractivity contribution is 0.389. The summed E-state index contributed by atoms with van der Waals surface area (Å²) in [5.41, 5.74) is 4.64. The van der Waals surface area contributed by atoms with Crippen LogP contribution >= 0.6 is 12.2 Å². The molecule has 0 saturated carbocycles. The Morgan fingerprint density at radius 2 is 1.70 bits per heavy atom. The Hall–Kier alpha value is -1.98. The van der Waals surface area contributed by atoms with Gasteiger partial charge in [0.05, 0.1) is 5.69 Å². The van der Waals surface area contributed by atoms with Gasteiger partial charge in [0, 0.05) is 0 Å². The van der Waals surface area contributed by atoms with Crippen molar-refractivity contribution in [1.29, 1.82) is 0 Å². The van der Waals surface area contributed by atoms with Crippen LogP contribution in [0.3, 0.4) is 0 Å². The molecule has 3 nitrogen and oxygen atoms in total. The molecule has 0 spiro atoms. The summed E-state index contributed by atoms with van der Waals surface area (Å²) in [6.45, 7) is 1.97. The summed E-state index contributed by atoms with van der Waals surface area (Å²) < 4.78 is 13.0. The fourth-order valence-corrected chi connectivity index (χ4v) is 2.61. The van der Waals surface area contributed by atoms with Gasteiger partial charge in [0.15, 0.2) is 5.11 Å². The number of hydrogen-bond donors (Lipinski definition) is 2. The molecule has 1 atom stereocenters. The zero-order chi connectivity index (χ0) is 14.2. The Bertz CT molecular complexity index is 629. The van der Waals surface area contributed by atoms with E-state index in [1.165, 1.54) is 12.1 Å². The molecule has 0 aromatic heterocycles. The molecule has 2 N–H and O–H groups in total. The van der Waals surface area contributed by atoms with Crippen molar-refractivity contribution in [1.82, 2.24) is 10.7 Å². The molecule has 102 valence electrons. The van der Waals surface area contributed by atoms with Gasteiger partial charge in [-0.05, 0) is 49.0 Å². The Kier molecular flexibility index (Phi) is 3.16. The van der Waals surface area contributed by atoms with Crippen LogP contribution in [0.25, 0.3) is 0 Å². The van der Waals surface area contributed by atoms with Crippen molar-refractivity contribution in [2.24, 2.45) is 0 Å². The van der Waals surface area contributed by atoms with Crippen LogP contribution in [-0.4, -0.2) is 5.11 Å². The first-order valence-corrected chi connectivity index (χ1v) is 6.70. The van der Waals surface area contributed by atoms with Crippen molar-refractivity contribution < 1.29 is 4.39 Å². The molecule has 1 aliphatic heterocycles. The van der Waals surface area contributed by atoms with Gasteiger partial charge in [-0.25, -0.2) is 9.40 Å². The van der Waals surface area contributed by atoms with Crippen LogP contribution in [0.4, 0.5) is 10.1 Å². The van der Waals surface area contributed by atoms with E-state index in [-0.39, 0.29) is 5.82 Å². The normalized spacial score (nSPS) is 21.9. The quantitative estimate of drug-likeness (QED) is 0.831. The van der Waals surface area contributed by atoms with Crippen LogP contribution in [0.2, 0.25) is 0 Å². The highest BCUT2D eigenvalue weighted by Crippen LogP contribution is 2.26. The standard InChI is InChI=1S/C15H14FN3S/c1-15(11-7-9-12(16)10-8-11)17-14(20)19(18-15)13-5-3-2-4-6-13/h2-10,18H,1H3,(H,17,20). The van der Waals surface area contributed by atoms with Gasteiger partial charge >= 0.3 is 0 Å². The van der Waals surface area contributed by atoms with Crippen LogP contribution in [0.15, 0.2) is 54.6 Å². The minimum Gasteiger partial charge on any atom is -0.338 e. The molecule has 20 heavy (non-hydrogen) atoms. The maximum atomic E-state index is 13.0. The van der Waals surface area contributed by atoms with Gasteiger partial charge < -0.3 is 5.32 Å². The molecule has 0 radical (unpaired) electrons. The molecule has 1 aliphatic rings. The van der Waals surface area contributed by atoms with E-state index in [1.54, 1.807) is 12.1 Å². The molecule has 2 aromatic rings. The van der Waals surface area contributed by atoms with E-state index >= 15 is 0 Å². The molecular formula is C15H14FN3S. The smallest absolute Gasteiger partial charge is 0.190 e. The maximum Gasteiger partial charge on any atom is 0.190 e. The number of anilines is 1. The fraction of sp³-hybridized carbons (Fsp3) is 0.133. The van der Waals surface area contributed by atoms with Gasteiger partial charge in [0.25, 0.3) is 0 Å². The monoisotopic (exact) mass is 287 g/mol. The first kappa shape index (κ1) is 13.0. The third-order valence-electron chi connectivity index (χ3n) is 3.33. The van der Waals surface area contributed by atoms with Crippen LogP contribution in [0.5, 0.6) is 0 Å².